The van der Waals surface area contributed by atoms with Crippen molar-refractivity contribution in [2.75, 3.05) is 11.9 Å². The molecule has 0 aromatic heterocycles. The number of amides is 1. The van der Waals surface area contributed by atoms with Crippen LogP contribution in [0.15, 0.2) is 47.4 Å². The minimum atomic E-state index is -3.63. The summed E-state index contributed by atoms with van der Waals surface area (Å²) >= 11 is 6.05. The van der Waals surface area contributed by atoms with Gasteiger partial charge < -0.3 is 5.32 Å². The molecule has 2 aromatic rings. The molecule has 5 nitrogen and oxygen atoms in total. The van der Waals surface area contributed by atoms with Crippen LogP contribution < -0.4 is 10.0 Å². The normalized spacial score (nSPS) is 11.3. The number of benzene rings is 2. The zero-order valence-corrected chi connectivity index (χ0v) is 15.7. The lowest BCUT2D eigenvalue weighted by molar-refractivity contribution is 0.102. The average molecular weight is 381 g/mol. The lowest BCUT2D eigenvalue weighted by Gasteiger charge is -2.11. The molecule has 7 heteroatoms. The molecule has 1 amide bonds. The maximum atomic E-state index is 12.4. The van der Waals surface area contributed by atoms with Gasteiger partial charge >= 0.3 is 0 Å². The van der Waals surface area contributed by atoms with Gasteiger partial charge in [0.15, 0.2) is 0 Å². The number of carbonyl (C=O) groups is 1. The van der Waals surface area contributed by atoms with Crippen LogP contribution in [0.3, 0.4) is 0 Å². The fourth-order valence-corrected chi connectivity index (χ4v) is 3.50. The Morgan fingerprint density at radius 2 is 1.88 bits per heavy atom. The molecule has 0 saturated heterocycles. The van der Waals surface area contributed by atoms with E-state index in [0.717, 1.165) is 18.4 Å². The molecule has 0 bridgehead atoms. The third-order valence-electron chi connectivity index (χ3n) is 3.74. The first kappa shape index (κ1) is 19.4. The summed E-state index contributed by atoms with van der Waals surface area (Å²) in [7, 11) is -3.63. The molecule has 0 unspecified atom stereocenters. The highest BCUT2D eigenvalue weighted by Gasteiger charge is 2.16. The highest BCUT2D eigenvalue weighted by Crippen LogP contribution is 2.23. The molecule has 2 rings (SSSR count). The lowest BCUT2D eigenvalue weighted by Crippen LogP contribution is -2.25. The number of nitrogens with one attached hydrogen (secondary N) is 2. The van der Waals surface area contributed by atoms with Crippen molar-refractivity contribution in [3.05, 3.63) is 58.6 Å². The van der Waals surface area contributed by atoms with Crippen LogP contribution in [0.25, 0.3) is 0 Å². The molecule has 0 fully saturated rings. The summed E-state index contributed by atoms with van der Waals surface area (Å²) in [5.41, 5.74) is 1.60. The maximum absolute atomic E-state index is 12.4. The lowest BCUT2D eigenvalue weighted by atomic mass is 10.1. The Morgan fingerprint density at radius 1 is 1.16 bits per heavy atom. The molecule has 2 aromatic carbocycles. The Hall–Kier alpha value is -1.89. The summed E-state index contributed by atoms with van der Waals surface area (Å²) < 4.78 is 27.1. The van der Waals surface area contributed by atoms with Crippen molar-refractivity contribution < 1.29 is 13.2 Å². The summed E-state index contributed by atoms with van der Waals surface area (Å²) in [4.78, 5) is 12.5. The molecule has 0 aliphatic carbocycles. The van der Waals surface area contributed by atoms with E-state index in [9.17, 15) is 13.2 Å². The number of carbonyl (C=O) groups excluding carboxylic acids is 1. The van der Waals surface area contributed by atoms with E-state index in [-0.39, 0.29) is 10.5 Å². The zero-order chi connectivity index (χ0) is 18.4. The van der Waals surface area contributed by atoms with Crippen molar-refractivity contribution >= 4 is 33.2 Å². The van der Waals surface area contributed by atoms with Crippen LogP contribution in [0.5, 0.6) is 0 Å². The first-order valence-corrected chi connectivity index (χ1v) is 9.87. The van der Waals surface area contributed by atoms with Gasteiger partial charge in [0.2, 0.25) is 10.0 Å². The molecule has 0 aliphatic rings. The Morgan fingerprint density at radius 3 is 2.60 bits per heavy atom. The van der Waals surface area contributed by atoms with Crippen LogP contribution in [0.1, 0.15) is 35.7 Å². The Kier molecular flexibility index (Phi) is 6.58. The summed E-state index contributed by atoms with van der Waals surface area (Å²) in [5.74, 6) is -0.393. The average Bonchev–Trinajstić information content (AvgIpc) is 2.59. The van der Waals surface area contributed by atoms with Gasteiger partial charge in [-0.15, -0.1) is 0 Å². The Labute approximate surface area is 153 Å². The number of halogens is 1. The fourth-order valence-electron chi connectivity index (χ4n) is 2.21. The second-order valence-corrected chi connectivity index (χ2v) is 7.82. The van der Waals surface area contributed by atoms with Crippen molar-refractivity contribution in [1.29, 1.82) is 0 Å². The molecule has 0 radical (unpaired) electrons. The fraction of sp³-hybridized carbons (Fsp3) is 0.278. The molecule has 0 saturated carbocycles. The monoisotopic (exact) mass is 380 g/mol. The van der Waals surface area contributed by atoms with E-state index in [1.165, 1.54) is 12.1 Å². The second kappa shape index (κ2) is 8.47. The quantitative estimate of drug-likeness (QED) is 0.713. The van der Waals surface area contributed by atoms with Crippen LogP contribution in [0.4, 0.5) is 5.69 Å². The van der Waals surface area contributed by atoms with Gasteiger partial charge in [0.25, 0.3) is 5.91 Å². The van der Waals surface area contributed by atoms with Gasteiger partial charge in [-0.1, -0.05) is 37.1 Å². The first-order valence-electron chi connectivity index (χ1n) is 8.01. The van der Waals surface area contributed by atoms with E-state index >= 15 is 0 Å². The standard InChI is InChI=1S/C18H21ClN2O3S/c1-3-4-11-20-25(23,24)15-8-5-7-14(12-15)18(22)21-17-10-6-9-16(19)13(17)2/h5-10,12,20H,3-4,11H2,1-2H3,(H,21,22). The third-order valence-corrected chi connectivity index (χ3v) is 5.61. The molecular formula is C18H21ClN2O3S. The van der Waals surface area contributed by atoms with Crippen LogP contribution in [0.2, 0.25) is 5.02 Å². The third kappa shape index (κ3) is 5.04. The number of sulfonamides is 1. The molecule has 0 heterocycles. The van der Waals surface area contributed by atoms with E-state index in [1.54, 1.807) is 37.3 Å². The van der Waals surface area contributed by atoms with E-state index < -0.39 is 15.9 Å². The number of hydrogen-bond donors (Lipinski definition) is 2. The van der Waals surface area contributed by atoms with Crippen LogP contribution in [-0.2, 0) is 10.0 Å². The van der Waals surface area contributed by atoms with Crippen LogP contribution in [-0.4, -0.2) is 20.9 Å². The van der Waals surface area contributed by atoms with Crippen molar-refractivity contribution in [1.82, 2.24) is 4.72 Å². The molecule has 2 N–H and O–H groups in total. The molecular weight excluding hydrogens is 360 g/mol. The summed E-state index contributed by atoms with van der Waals surface area (Å²) in [6.07, 6.45) is 1.65. The Balaban J connectivity index is 2.20. The largest absolute Gasteiger partial charge is 0.322 e. The smallest absolute Gasteiger partial charge is 0.255 e. The van der Waals surface area contributed by atoms with Crippen molar-refractivity contribution in [3.8, 4) is 0 Å². The highest BCUT2D eigenvalue weighted by molar-refractivity contribution is 7.89. The highest BCUT2D eigenvalue weighted by atomic mass is 35.5. The molecule has 0 aliphatic heterocycles. The van der Waals surface area contributed by atoms with Crippen molar-refractivity contribution in [2.24, 2.45) is 0 Å². The maximum Gasteiger partial charge on any atom is 0.255 e. The van der Waals surface area contributed by atoms with E-state index in [1.807, 2.05) is 6.92 Å². The minimum absolute atomic E-state index is 0.0686. The van der Waals surface area contributed by atoms with Gasteiger partial charge in [0, 0.05) is 22.8 Å². The van der Waals surface area contributed by atoms with E-state index in [4.69, 9.17) is 11.6 Å². The second-order valence-electron chi connectivity index (χ2n) is 5.65. The van der Waals surface area contributed by atoms with Gasteiger partial charge in [-0.2, -0.15) is 0 Å². The molecule has 0 spiro atoms. The number of rotatable bonds is 7. The van der Waals surface area contributed by atoms with Crippen LogP contribution >= 0.6 is 11.6 Å². The number of anilines is 1. The summed E-state index contributed by atoms with van der Waals surface area (Å²) in [6.45, 7) is 4.16. The van der Waals surface area contributed by atoms with Gasteiger partial charge in [0.05, 0.1) is 4.90 Å². The van der Waals surface area contributed by atoms with Gasteiger partial charge in [-0.05, 0) is 49.2 Å². The predicted octanol–water partition coefficient (Wildman–Crippen LogP) is 3.98. The zero-order valence-electron chi connectivity index (χ0n) is 14.2. The Bertz CT molecular complexity index is 866. The first-order chi connectivity index (χ1) is 11.8. The SMILES string of the molecule is CCCCNS(=O)(=O)c1cccc(C(=O)Nc2cccc(Cl)c2C)c1. The summed E-state index contributed by atoms with van der Waals surface area (Å²) in [6, 6.07) is 11.2. The summed E-state index contributed by atoms with van der Waals surface area (Å²) in [5, 5.41) is 3.31. The van der Waals surface area contributed by atoms with E-state index in [2.05, 4.69) is 10.0 Å². The number of hydrogen-bond acceptors (Lipinski definition) is 3. The minimum Gasteiger partial charge on any atom is -0.322 e. The van der Waals surface area contributed by atoms with Crippen molar-refractivity contribution in [2.45, 2.75) is 31.6 Å². The topological polar surface area (TPSA) is 75.3 Å². The van der Waals surface area contributed by atoms with Crippen LogP contribution in [0, 0.1) is 6.92 Å². The van der Waals surface area contributed by atoms with Gasteiger partial charge in [-0.3, -0.25) is 4.79 Å². The number of unbranched alkanes of at least 4 members (excludes halogenated alkanes) is 1. The molecule has 0 atom stereocenters. The van der Waals surface area contributed by atoms with Gasteiger partial charge in [0.1, 0.15) is 0 Å². The molecule has 134 valence electrons. The van der Waals surface area contributed by atoms with E-state index in [0.29, 0.717) is 17.3 Å². The van der Waals surface area contributed by atoms with Gasteiger partial charge in [-0.25, -0.2) is 13.1 Å². The molecule has 25 heavy (non-hydrogen) atoms. The van der Waals surface area contributed by atoms with Crippen molar-refractivity contribution in [3.63, 3.8) is 0 Å². The predicted molar refractivity (Wildman–Crippen MR) is 101 cm³/mol.